The van der Waals surface area contributed by atoms with E-state index >= 15 is 0 Å². The van der Waals surface area contributed by atoms with E-state index in [1.54, 1.807) is 17.7 Å². The van der Waals surface area contributed by atoms with Crippen LogP contribution in [0.3, 0.4) is 0 Å². The van der Waals surface area contributed by atoms with Crippen molar-refractivity contribution < 1.29 is 19.4 Å². The van der Waals surface area contributed by atoms with Crippen LogP contribution in [-0.2, 0) is 24.7 Å². The molecule has 2 heterocycles. The molecule has 0 radical (unpaired) electrons. The summed E-state index contributed by atoms with van der Waals surface area (Å²) in [6, 6.07) is 14.8. The average molecular weight is 565 g/mol. The predicted octanol–water partition coefficient (Wildman–Crippen LogP) is 5.57. The molecule has 7 nitrogen and oxygen atoms in total. The van der Waals surface area contributed by atoms with Gasteiger partial charge in [0.1, 0.15) is 11.8 Å². The maximum Gasteiger partial charge on any atom is 0.326 e. The van der Waals surface area contributed by atoms with Gasteiger partial charge in [0.2, 0.25) is 0 Å². The number of fused-ring (bicyclic) bond motifs is 2. The summed E-state index contributed by atoms with van der Waals surface area (Å²) in [5.74, 6) is -1.28. The molecule has 5 rings (SSSR count). The molecule has 1 amide bonds. The number of pyridine rings is 1. The van der Waals surface area contributed by atoms with Crippen molar-refractivity contribution in [1.29, 1.82) is 0 Å². The summed E-state index contributed by atoms with van der Waals surface area (Å²) in [6.45, 7) is 2.42. The number of nitrogens with one attached hydrogen (secondary N) is 1. The molecule has 39 heavy (non-hydrogen) atoms. The molecule has 0 spiro atoms. The van der Waals surface area contributed by atoms with Crippen LogP contribution in [0.4, 0.5) is 0 Å². The zero-order valence-electron chi connectivity index (χ0n) is 21.4. The molecule has 4 aromatic rings. The van der Waals surface area contributed by atoms with Crippen LogP contribution < -0.4 is 15.6 Å². The van der Waals surface area contributed by atoms with Crippen molar-refractivity contribution in [2.75, 3.05) is 6.61 Å². The van der Waals surface area contributed by atoms with Gasteiger partial charge in [0.15, 0.2) is 0 Å². The van der Waals surface area contributed by atoms with Crippen LogP contribution >= 0.6 is 23.2 Å². The van der Waals surface area contributed by atoms with Crippen molar-refractivity contribution in [2.45, 2.75) is 32.2 Å². The van der Waals surface area contributed by atoms with E-state index in [4.69, 9.17) is 27.9 Å². The fraction of sp³-hybridized carbons (Fsp3) is 0.233. The molecule has 1 aromatic heterocycles. The van der Waals surface area contributed by atoms with Gasteiger partial charge >= 0.3 is 5.97 Å². The molecular weight excluding hydrogens is 539 g/mol. The summed E-state index contributed by atoms with van der Waals surface area (Å²) in [5, 5.41) is 13.7. The number of halogens is 2. The Morgan fingerprint density at radius 2 is 1.79 bits per heavy atom. The monoisotopic (exact) mass is 564 g/mol. The fourth-order valence-corrected chi connectivity index (χ4v) is 5.83. The highest BCUT2D eigenvalue weighted by atomic mass is 35.5. The van der Waals surface area contributed by atoms with Gasteiger partial charge in [-0.2, -0.15) is 0 Å². The van der Waals surface area contributed by atoms with Crippen LogP contribution in [0.1, 0.15) is 33.5 Å². The lowest BCUT2D eigenvalue weighted by atomic mass is 9.89. The standard InChI is InChI=1S/C30H26Cl2N2O5/c1-16-18-7-3-4-11-24(18)34(2)29(36)25(16)20-13-12-17(19-8-6-14-39-27(19)20)15-23(30(37)38)33-28(35)26-21(31)9-5-10-22(26)32/h3-5,7,9-13,23H,6,8,14-15H2,1-2H3,(H,33,35)(H,37,38)/t23-/m0/s1. The van der Waals surface area contributed by atoms with Crippen LogP contribution in [0.15, 0.2) is 59.4 Å². The van der Waals surface area contributed by atoms with E-state index in [1.165, 1.54) is 12.1 Å². The molecule has 0 unspecified atom stereocenters. The largest absolute Gasteiger partial charge is 0.493 e. The first-order valence-corrected chi connectivity index (χ1v) is 13.3. The van der Waals surface area contributed by atoms with Crippen molar-refractivity contribution in [2.24, 2.45) is 7.05 Å². The second kappa shape index (κ2) is 10.8. The molecule has 2 N–H and O–H groups in total. The summed E-state index contributed by atoms with van der Waals surface area (Å²) in [6.07, 6.45) is 1.42. The van der Waals surface area contributed by atoms with Crippen molar-refractivity contribution in [3.05, 3.63) is 97.3 Å². The number of hydrogen-bond donors (Lipinski definition) is 2. The Hall–Kier alpha value is -3.81. The number of benzene rings is 3. The van der Waals surface area contributed by atoms with E-state index in [-0.39, 0.29) is 27.6 Å². The number of hydrogen-bond acceptors (Lipinski definition) is 4. The molecule has 0 saturated heterocycles. The number of carboxylic acids is 1. The second-order valence-electron chi connectivity index (χ2n) is 9.58. The van der Waals surface area contributed by atoms with Crippen molar-refractivity contribution in [1.82, 2.24) is 9.88 Å². The maximum atomic E-state index is 13.5. The minimum atomic E-state index is -1.24. The van der Waals surface area contributed by atoms with Crippen LogP contribution in [0.25, 0.3) is 22.0 Å². The number of carbonyl (C=O) groups excluding carboxylic acids is 1. The molecular formula is C30H26Cl2N2O5. The summed E-state index contributed by atoms with van der Waals surface area (Å²) < 4.78 is 7.75. The van der Waals surface area contributed by atoms with E-state index in [2.05, 4.69) is 5.32 Å². The molecule has 0 bridgehead atoms. The van der Waals surface area contributed by atoms with Gasteiger partial charge in [-0.05, 0) is 54.7 Å². The molecule has 1 aliphatic rings. The normalized spacial score (nSPS) is 13.4. The highest BCUT2D eigenvalue weighted by Crippen LogP contribution is 2.40. The molecule has 1 atom stereocenters. The first-order chi connectivity index (χ1) is 18.7. The third-order valence-corrected chi connectivity index (χ3v) is 7.85. The number of amides is 1. The third-order valence-electron chi connectivity index (χ3n) is 7.22. The SMILES string of the molecule is Cc1c(-c2ccc(C[C@H](NC(=O)c3c(Cl)cccc3Cl)C(=O)O)c3c2OCCC3)c(=O)n(C)c2ccccc12. The van der Waals surface area contributed by atoms with Crippen LogP contribution in [0.5, 0.6) is 5.75 Å². The number of para-hydroxylation sites is 1. The Kier molecular flexibility index (Phi) is 7.38. The average Bonchev–Trinajstić information content (AvgIpc) is 2.92. The molecule has 3 aromatic carbocycles. The second-order valence-corrected chi connectivity index (χ2v) is 10.4. The molecule has 0 saturated carbocycles. The number of carbonyl (C=O) groups is 2. The van der Waals surface area contributed by atoms with Gasteiger partial charge in [-0.25, -0.2) is 4.79 Å². The number of aliphatic carboxylic acids is 1. The van der Waals surface area contributed by atoms with E-state index < -0.39 is 17.9 Å². The van der Waals surface area contributed by atoms with Crippen LogP contribution in [0, 0.1) is 6.92 Å². The number of aryl methyl sites for hydroxylation is 2. The molecule has 9 heteroatoms. The highest BCUT2D eigenvalue weighted by molar-refractivity contribution is 6.39. The van der Waals surface area contributed by atoms with E-state index in [1.807, 2.05) is 43.3 Å². The van der Waals surface area contributed by atoms with Crippen molar-refractivity contribution in [3.63, 3.8) is 0 Å². The van der Waals surface area contributed by atoms with Gasteiger partial charge in [-0.1, -0.05) is 59.6 Å². The van der Waals surface area contributed by atoms with E-state index in [9.17, 15) is 19.5 Å². The lowest BCUT2D eigenvalue weighted by Gasteiger charge is -2.25. The topological polar surface area (TPSA) is 97.6 Å². The lowest BCUT2D eigenvalue weighted by molar-refractivity contribution is -0.139. The Morgan fingerprint density at radius 3 is 2.51 bits per heavy atom. The van der Waals surface area contributed by atoms with E-state index in [0.29, 0.717) is 29.9 Å². The summed E-state index contributed by atoms with van der Waals surface area (Å²) in [5.41, 5.74) is 4.37. The number of rotatable bonds is 6. The summed E-state index contributed by atoms with van der Waals surface area (Å²) in [4.78, 5) is 38.6. The maximum absolute atomic E-state index is 13.5. The van der Waals surface area contributed by atoms with Gasteiger partial charge in [0.05, 0.1) is 33.3 Å². The molecule has 0 fully saturated rings. The van der Waals surface area contributed by atoms with Crippen LogP contribution in [0.2, 0.25) is 10.0 Å². The zero-order chi connectivity index (χ0) is 27.8. The lowest BCUT2D eigenvalue weighted by Crippen LogP contribution is -2.42. The third kappa shape index (κ3) is 4.88. The van der Waals surface area contributed by atoms with Crippen molar-refractivity contribution >= 4 is 46.0 Å². The van der Waals surface area contributed by atoms with Gasteiger partial charge in [0.25, 0.3) is 11.5 Å². The Balaban J connectivity index is 1.56. The number of carboxylic acid groups (broad SMARTS) is 1. The Morgan fingerprint density at radius 1 is 1.08 bits per heavy atom. The van der Waals surface area contributed by atoms with Gasteiger partial charge < -0.3 is 19.7 Å². The van der Waals surface area contributed by atoms with E-state index in [0.717, 1.165) is 34.0 Å². The Labute approximate surface area is 234 Å². The minimum Gasteiger partial charge on any atom is -0.493 e. The smallest absolute Gasteiger partial charge is 0.326 e. The van der Waals surface area contributed by atoms with Crippen molar-refractivity contribution in [3.8, 4) is 16.9 Å². The molecule has 1 aliphatic heterocycles. The van der Waals surface area contributed by atoms with Gasteiger partial charge in [-0.15, -0.1) is 0 Å². The van der Waals surface area contributed by atoms with Gasteiger partial charge in [0, 0.05) is 24.4 Å². The number of ether oxygens (including phenoxy) is 1. The number of aromatic nitrogens is 1. The predicted molar refractivity (Wildman–Crippen MR) is 152 cm³/mol. The first-order valence-electron chi connectivity index (χ1n) is 12.5. The quantitative estimate of drug-likeness (QED) is 0.319. The zero-order valence-corrected chi connectivity index (χ0v) is 22.9. The van der Waals surface area contributed by atoms with Crippen LogP contribution in [-0.4, -0.2) is 34.2 Å². The van der Waals surface area contributed by atoms with Gasteiger partial charge in [-0.3, -0.25) is 9.59 Å². The molecule has 0 aliphatic carbocycles. The minimum absolute atomic E-state index is 0.0177. The molecule has 200 valence electrons. The highest BCUT2D eigenvalue weighted by Gasteiger charge is 2.28. The summed E-state index contributed by atoms with van der Waals surface area (Å²) >= 11 is 12.3. The first kappa shape index (κ1) is 26.8. The fourth-order valence-electron chi connectivity index (χ4n) is 5.26. The summed E-state index contributed by atoms with van der Waals surface area (Å²) in [7, 11) is 1.75. The Bertz CT molecular complexity index is 1680. The number of nitrogens with zero attached hydrogens (tertiary/aromatic N) is 1.